The number of carbonyl (C=O) groups is 2. The molecule has 0 heterocycles. The fraction of sp³-hybridized carbons (Fsp3) is 0.450. The number of hydrogen-bond acceptors (Lipinski definition) is 5. The van der Waals surface area contributed by atoms with Crippen molar-refractivity contribution in [3.05, 3.63) is 35.4 Å². The molecule has 6 nitrogen and oxygen atoms in total. The summed E-state index contributed by atoms with van der Waals surface area (Å²) in [6.45, 7) is 3.96. The maximum atomic E-state index is 12.2. The van der Waals surface area contributed by atoms with Gasteiger partial charge in [0.2, 0.25) is 0 Å². The molecule has 2 rings (SSSR count). The maximum absolute atomic E-state index is 12.2. The van der Waals surface area contributed by atoms with Gasteiger partial charge in [-0.15, -0.1) is 0 Å². The monoisotopic (exact) mass is 356 g/mol. The fourth-order valence-corrected chi connectivity index (χ4v) is 2.80. The van der Waals surface area contributed by atoms with E-state index in [2.05, 4.69) is 5.32 Å². The summed E-state index contributed by atoms with van der Waals surface area (Å²) in [5.41, 5.74) is 0.514. The third kappa shape index (κ3) is 5.62. The quantitative estimate of drug-likeness (QED) is 0.461. The zero-order valence-corrected chi connectivity index (χ0v) is 15.2. The number of hydrogen-bond donors (Lipinski definition) is 1. The highest BCUT2D eigenvalue weighted by Gasteiger charge is 2.24. The molecule has 0 aliphatic heterocycles. The lowest BCUT2D eigenvalue weighted by molar-refractivity contribution is -0.151. The van der Waals surface area contributed by atoms with Crippen LogP contribution in [0.3, 0.4) is 0 Å². The summed E-state index contributed by atoms with van der Waals surface area (Å²) in [7, 11) is 0. The zero-order valence-electron chi connectivity index (χ0n) is 15.2. The molecule has 1 amide bonds. The number of benzene rings is 1. The molecule has 1 saturated carbocycles. The lowest BCUT2D eigenvalue weighted by Gasteiger charge is -2.16. The lowest BCUT2D eigenvalue weighted by Crippen LogP contribution is -2.41. The summed E-state index contributed by atoms with van der Waals surface area (Å²) in [5.74, 6) is -0.429. The Balaban J connectivity index is 1.96. The number of esters is 1. The van der Waals surface area contributed by atoms with Crippen LogP contribution in [-0.2, 0) is 14.3 Å². The highest BCUT2D eigenvalue weighted by Crippen LogP contribution is 2.18. The molecular weight excluding hydrogens is 332 g/mol. The maximum Gasteiger partial charge on any atom is 0.349 e. The molecule has 0 spiro atoms. The van der Waals surface area contributed by atoms with Gasteiger partial charge in [0.25, 0.3) is 5.91 Å². The van der Waals surface area contributed by atoms with Crippen LogP contribution in [0.5, 0.6) is 5.75 Å². The van der Waals surface area contributed by atoms with Crippen molar-refractivity contribution in [1.82, 2.24) is 5.32 Å². The predicted octanol–water partition coefficient (Wildman–Crippen LogP) is 2.98. The first-order valence-corrected chi connectivity index (χ1v) is 8.89. The van der Waals surface area contributed by atoms with Gasteiger partial charge in [-0.25, -0.2) is 4.79 Å². The largest absolute Gasteiger partial charge is 0.494 e. The number of carbonyl (C=O) groups excluding carboxylic acids is 2. The Morgan fingerprint density at radius 2 is 1.96 bits per heavy atom. The molecule has 1 atom stereocenters. The second-order valence-electron chi connectivity index (χ2n) is 6.21. The summed E-state index contributed by atoms with van der Waals surface area (Å²) in [6, 6.07) is 8.98. The number of ether oxygens (including phenoxy) is 2. The molecule has 1 fully saturated rings. The molecule has 1 aliphatic rings. The average molecular weight is 356 g/mol. The fourth-order valence-electron chi connectivity index (χ4n) is 2.80. The highest BCUT2D eigenvalue weighted by atomic mass is 16.5. The Bertz CT molecular complexity index is 698. The second kappa shape index (κ2) is 9.62. The smallest absolute Gasteiger partial charge is 0.349 e. The van der Waals surface area contributed by atoms with E-state index in [1.807, 2.05) is 13.0 Å². The van der Waals surface area contributed by atoms with Crippen molar-refractivity contribution in [3.63, 3.8) is 0 Å². The van der Waals surface area contributed by atoms with Gasteiger partial charge < -0.3 is 14.8 Å². The van der Waals surface area contributed by atoms with E-state index in [4.69, 9.17) is 9.47 Å². The molecule has 1 N–H and O–H groups in total. The summed E-state index contributed by atoms with van der Waals surface area (Å²) in [5, 5.41) is 12.1. The second-order valence-corrected chi connectivity index (χ2v) is 6.21. The van der Waals surface area contributed by atoms with E-state index < -0.39 is 12.1 Å². The number of nitrogens with zero attached hydrogens (tertiary/aromatic N) is 1. The molecule has 0 radical (unpaired) electrons. The molecular formula is C20H24N2O4. The molecule has 26 heavy (non-hydrogen) atoms. The van der Waals surface area contributed by atoms with Gasteiger partial charge in [-0.05, 0) is 50.5 Å². The molecule has 1 aliphatic carbocycles. The summed E-state index contributed by atoms with van der Waals surface area (Å²) >= 11 is 0. The highest BCUT2D eigenvalue weighted by molar-refractivity contribution is 5.99. The molecule has 6 heteroatoms. The summed E-state index contributed by atoms with van der Waals surface area (Å²) < 4.78 is 10.5. The minimum Gasteiger partial charge on any atom is -0.494 e. The van der Waals surface area contributed by atoms with E-state index in [9.17, 15) is 14.9 Å². The first kappa shape index (κ1) is 19.5. The van der Waals surface area contributed by atoms with Crippen LogP contribution in [0.4, 0.5) is 0 Å². The number of amides is 1. The number of rotatable bonds is 7. The Labute approximate surface area is 153 Å². The lowest BCUT2D eigenvalue weighted by atomic mass is 10.1. The van der Waals surface area contributed by atoms with Crippen molar-refractivity contribution in [2.45, 2.75) is 51.7 Å². The minimum atomic E-state index is -0.944. The van der Waals surface area contributed by atoms with Crippen molar-refractivity contribution < 1.29 is 19.1 Å². The van der Waals surface area contributed by atoms with Crippen LogP contribution in [0, 0.1) is 11.3 Å². The molecule has 1 aromatic carbocycles. The standard InChI is InChI=1S/C20H24N2O4/c1-3-25-18-10-8-15(9-11-18)12-16(13-21)20(24)26-14(2)19(23)22-17-6-4-5-7-17/h8-12,14,17H,3-7H2,1-2H3,(H,22,23)/b16-12+/t14-/m0/s1. The van der Waals surface area contributed by atoms with Gasteiger partial charge in [0.05, 0.1) is 6.61 Å². The molecule has 0 saturated heterocycles. The summed E-state index contributed by atoms with van der Waals surface area (Å²) in [6.07, 6.45) is 4.59. The van der Waals surface area contributed by atoms with Crippen LogP contribution in [0.25, 0.3) is 6.08 Å². The van der Waals surface area contributed by atoms with Crippen molar-refractivity contribution in [1.29, 1.82) is 5.26 Å². The van der Waals surface area contributed by atoms with Gasteiger partial charge in [0, 0.05) is 6.04 Å². The van der Waals surface area contributed by atoms with Crippen molar-refractivity contribution in [2.24, 2.45) is 0 Å². The molecule has 138 valence electrons. The van der Waals surface area contributed by atoms with E-state index in [0.29, 0.717) is 17.9 Å². The Hall–Kier alpha value is -2.81. The van der Waals surface area contributed by atoms with E-state index in [1.54, 1.807) is 24.3 Å². The van der Waals surface area contributed by atoms with Crippen LogP contribution < -0.4 is 10.1 Å². The average Bonchev–Trinajstić information content (AvgIpc) is 3.14. The van der Waals surface area contributed by atoms with E-state index in [-0.39, 0.29) is 17.5 Å². The van der Waals surface area contributed by atoms with E-state index in [0.717, 1.165) is 25.7 Å². The Morgan fingerprint density at radius 1 is 1.31 bits per heavy atom. The molecule has 1 aromatic rings. The predicted molar refractivity (Wildman–Crippen MR) is 97.2 cm³/mol. The number of nitriles is 1. The normalized spacial score (nSPS) is 15.8. The van der Waals surface area contributed by atoms with Gasteiger partial charge in [0.15, 0.2) is 6.10 Å². The van der Waals surface area contributed by atoms with Crippen LogP contribution in [0.15, 0.2) is 29.8 Å². The first-order valence-electron chi connectivity index (χ1n) is 8.89. The van der Waals surface area contributed by atoms with Crippen LogP contribution in [-0.4, -0.2) is 30.6 Å². The van der Waals surface area contributed by atoms with Crippen LogP contribution >= 0.6 is 0 Å². The third-order valence-corrected chi connectivity index (χ3v) is 4.20. The molecule has 0 aromatic heterocycles. The zero-order chi connectivity index (χ0) is 18.9. The Kier molecular flexibility index (Phi) is 7.22. The van der Waals surface area contributed by atoms with Gasteiger partial charge >= 0.3 is 5.97 Å². The van der Waals surface area contributed by atoms with Crippen molar-refractivity contribution in [2.75, 3.05) is 6.61 Å². The Morgan fingerprint density at radius 3 is 2.54 bits per heavy atom. The SMILES string of the molecule is CCOc1ccc(/C=C(\C#N)C(=O)O[C@@H](C)C(=O)NC2CCCC2)cc1. The van der Waals surface area contributed by atoms with Gasteiger partial charge in [-0.2, -0.15) is 5.26 Å². The van der Waals surface area contributed by atoms with Gasteiger partial charge in [0.1, 0.15) is 17.4 Å². The minimum absolute atomic E-state index is 0.151. The topological polar surface area (TPSA) is 88.4 Å². The van der Waals surface area contributed by atoms with Crippen molar-refractivity contribution in [3.8, 4) is 11.8 Å². The van der Waals surface area contributed by atoms with Gasteiger partial charge in [-0.3, -0.25) is 4.79 Å². The number of nitrogens with one attached hydrogen (secondary N) is 1. The first-order chi connectivity index (χ1) is 12.5. The van der Waals surface area contributed by atoms with Crippen molar-refractivity contribution >= 4 is 18.0 Å². The summed E-state index contributed by atoms with van der Waals surface area (Å²) in [4.78, 5) is 24.3. The van der Waals surface area contributed by atoms with Crippen LogP contribution in [0.1, 0.15) is 45.1 Å². The van der Waals surface area contributed by atoms with E-state index in [1.165, 1.54) is 13.0 Å². The van der Waals surface area contributed by atoms with Gasteiger partial charge in [-0.1, -0.05) is 25.0 Å². The third-order valence-electron chi connectivity index (χ3n) is 4.20. The molecule has 0 bridgehead atoms. The van der Waals surface area contributed by atoms with Crippen LogP contribution in [0.2, 0.25) is 0 Å². The molecule has 0 unspecified atom stereocenters. The van der Waals surface area contributed by atoms with E-state index >= 15 is 0 Å².